The Labute approximate surface area is 107 Å². The summed E-state index contributed by atoms with van der Waals surface area (Å²) in [5.41, 5.74) is 6.58. The van der Waals surface area contributed by atoms with E-state index in [1.807, 2.05) is 20.8 Å². The van der Waals surface area contributed by atoms with Crippen molar-refractivity contribution in [3.8, 4) is 5.88 Å². The summed E-state index contributed by atoms with van der Waals surface area (Å²) in [6, 6.07) is 0. The fraction of sp³-hybridized carbons (Fsp3) is 0.667. The smallest absolute Gasteiger partial charge is 0.242 e. The van der Waals surface area contributed by atoms with Gasteiger partial charge in [-0.15, -0.1) is 0 Å². The van der Waals surface area contributed by atoms with E-state index in [0.717, 1.165) is 18.9 Å². The Morgan fingerprint density at radius 1 is 1.50 bits per heavy atom. The molecule has 0 aromatic carbocycles. The molecule has 6 nitrogen and oxygen atoms in total. The minimum atomic E-state index is 0.0404. The van der Waals surface area contributed by atoms with Gasteiger partial charge in [0.1, 0.15) is 12.0 Å². The minimum absolute atomic E-state index is 0.0404. The number of nitrogens with two attached hydrogens (primary N) is 1. The molecule has 2 rings (SSSR count). The lowest BCUT2D eigenvalue weighted by molar-refractivity contribution is 0.0529. The van der Waals surface area contributed by atoms with E-state index in [-0.39, 0.29) is 12.2 Å². The molecule has 1 aliphatic heterocycles. The van der Waals surface area contributed by atoms with Gasteiger partial charge in [-0.25, -0.2) is 4.98 Å². The van der Waals surface area contributed by atoms with E-state index in [1.54, 1.807) is 0 Å². The highest BCUT2D eigenvalue weighted by molar-refractivity contribution is 5.67. The number of nitrogen functional groups attached to an aromatic ring is 1. The second-order valence-electron chi connectivity index (χ2n) is 4.71. The Balaban J connectivity index is 2.22. The van der Waals surface area contributed by atoms with Crippen molar-refractivity contribution in [1.82, 2.24) is 9.97 Å². The molecular formula is C12H20N4O2. The van der Waals surface area contributed by atoms with E-state index in [0.29, 0.717) is 18.2 Å². The third-order valence-corrected chi connectivity index (χ3v) is 2.71. The molecule has 1 unspecified atom stereocenters. The van der Waals surface area contributed by atoms with Crippen LogP contribution in [0.4, 0.5) is 11.5 Å². The van der Waals surface area contributed by atoms with Crippen molar-refractivity contribution in [3.63, 3.8) is 0 Å². The van der Waals surface area contributed by atoms with Gasteiger partial charge in [0.2, 0.25) is 5.88 Å². The van der Waals surface area contributed by atoms with Gasteiger partial charge < -0.3 is 20.1 Å². The second kappa shape index (κ2) is 5.39. The van der Waals surface area contributed by atoms with Crippen molar-refractivity contribution in [1.29, 1.82) is 0 Å². The first kappa shape index (κ1) is 12.9. The van der Waals surface area contributed by atoms with E-state index < -0.39 is 0 Å². The maximum atomic E-state index is 6.08. The molecule has 18 heavy (non-hydrogen) atoms. The molecule has 0 aliphatic carbocycles. The Morgan fingerprint density at radius 2 is 2.28 bits per heavy atom. The van der Waals surface area contributed by atoms with Crippen molar-refractivity contribution in [3.05, 3.63) is 6.33 Å². The number of hydrogen-bond acceptors (Lipinski definition) is 6. The standard InChI is InChI=1S/C12H20N4O2/c1-8(2)18-12-10(13)11(14-7-15-12)16-4-5-17-9(3)6-16/h7-9H,4-6,13H2,1-3H3. The van der Waals surface area contributed by atoms with E-state index in [9.17, 15) is 0 Å². The molecule has 1 aliphatic rings. The van der Waals surface area contributed by atoms with Gasteiger partial charge >= 0.3 is 0 Å². The maximum Gasteiger partial charge on any atom is 0.242 e. The van der Waals surface area contributed by atoms with Gasteiger partial charge in [-0.3, -0.25) is 0 Å². The molecule has 1 aromatic rings. The highest BCUT2D eigenvalue weighted by atomic mass is 16.5. The van der Waals surface area contributed by atoms with Crippen molar-refractivity contribution < 1.29 is 9.47 Å². The largest absolute Gasteiger partial charge is 0.473 e. The van der Waals surface area contributed by atoms with Crippen LogP contribution in [0.3, 0.4) is 0 Å². The first-order valence-corrected chi connectivity index (χ1v) is 6.21. The van der Waals surface area contributed by atoms with Crippen molar-refractivity contribution in [2.24, 2.45) is 0 Å². The lowest BCUT2D eigenvalue weighted by Crippen LogP contribution is -2.42. The summed E-state index contributed by atoms with van der Waals surface area (Å²) in [5, 5.41) is 0. The number of rotatable bonds is 3. The number of morpholine rings is 1. The molecule has 2 heterocycles. The third kappa shape index (κ3) is 2.81. The van der Waals surface area contributed by atoms with E-state index >= 15 is 0 Å². The SMILES string of the molecule is CC(C)Oc1ncnc(N2CCOC(C)C2)c1N. The van der Waals surface area contributed by atoms with Crippen LogP contribution < -0.4 is 15.4 Å². The first-order chi connectivity index (χ1) is 8.58. The molecule has 1 fully saturated rings. The van der Waals surface area contributed by atoms with Crippen LogP contribution >= 0.6 is 0 Å². The summed E-state index contributed by atoms with van der Waals surface area (Å²) in [7, 11) is 0. The monoisotopic (exact) mass is 252 g/mol. The van der Waals surface area contributed by atoms with Gasteiger partial charge in [0.15, 0.2) is 5.82 Å². The molecule has 0 amide bonds. The highest BCUT2D eigenvalue weighted by Gasteiger charge is 2.22. The number of hydrogen-bond donors (Lipinski definition) is 1. The quantitative estimate of drug-likeness (QED) is 0.867. The number of ether oxygens (including phenoxy) is 2. The second-order valence-corrected chi connectivity index (χ2v) is 4.71. The Bertz CT molecular complexity index is 411. The molecule has 0 bridgehead atoms. The predicted octanol–water partition coefficient (Wildman–Crippen LogP) is 1.07. The van der Waals surface area contributed by atoms with Crippen LogP contribution in [-0.2, 0) is 4.74 Å². The van der Waals surface area contributed by atoms with Crippen LogP contribution in [-0.4, -0.2) is 41.9 Å². The molecule has 1 atom stereocenters. The molecule has 0 saturated carbocycles. The molecule has 1 aromatic heterocycles. The number of aromatic nitrogens is 2. The predicted molar refractivity (Wildman–Crippen MR) is 69.8 cm³/mol. The summed E-state index contributed by atoms with van der Waals surface area (Å²) in [6.45, 7) is 8.17. The molecule has 100 valence electrons. The van der Waals surface area contributed by atoms with Crippen LogP contribution in [0.1, 0.15) is 20.8 Å². The van der Waals surface area contributed by atoms with Crippen molar-refractivity contribution in [2.75, 3.05) is 30.3 Å². The average molecular weight is 252 g/mol. The zero-order valence-corrected chi connectivity index (χ0v) is 11.1. The molecule has 0 radical (unpaired) electrons. The van der Waals surface area contributed by atoms with Gasteiger partial charge in [-0.2, -0.15) is 4.98 Å². The normalized spacial score (nSPS) is 20.2. The number of nitrogens with zero attached hydrogens (tertiary/aromatic N) is 3. The lowest BCUT2D eigenvalue weighted by Gasteiger charge is -2.32. The van der Waals surface area contributed by atoms with Crippen LogP contribution in [0.5, 0.6) is 5.88 Å². The van der Waals surface area contributed by atoms with Crippen LogP contribution in [0, 0.1) is 0 Å². The van der Waals surface area contributed by atoms with Crippen molar-refractivity contribution >= 4 is 11.5 Å². The minimum Gasteiger partial charge on any atom is -0.473 e. The first-order valence-electron chi connectivity index (χ1n) is 6.21. The van der Waals surface area contributed by atoms with E-state index in [1.165, 1.54) is 6.33 Å². The lowest BCUT2D eigenvalue weighted by atomic mass is 10.3. The zero-order valence-electron chi connectivity index (χ0n) is 11.1. The van der Waals surface area contributed by atoms with Crippen LogP contribution in [0.15, 0.2) is 6.33 Å². The summed E-state index contributed by atoms with van der Waals surface area (Å²) in [4.78, 5) is 10.4. The topological polar surface area (TPSA) is 73.5 Å². The highest BCUT2D eigenvalue weighted by Crippen LogP contribution is 2.29. The molecular weight excluding hydrogens is 232 g/mol. The summed E-state index contributed by atoms with van der Waals surface area (Å²) >= 11 is 0. The molecule has 6 heteroatoms. The van der Waals surface area contributed by atoms with E-state index in [2.05, 4.69) is 14.9 Å². The molecule has 1 saturated heterocycles. The molecule has 0 spiro atoms. The fourth-order valence-electron chi connectivity index (χ4n) is 1.95. The molecule has 2 N–H and O–H groups in total. The number of anilines is 2. The van der Waals surface area contributed by atoms with Crippen molar-refractivity contribution in [2.45, 2.75) is 33.0 Å². The zero-order chi connectivity index (χ0) is 13.1. The third-order valence-electron chi connectivity index (χ3n) is 2.71. The maximum absolute atomic E-state index is 6.08. The fourth-order valence-corrected chi connectivity index (χ4v) is 1.95. The van der Waals surface area contributed by atoms with Gasteiger partial charge in [-0.05, 0) is 20.8 Å². The Morgan fingerprint density at radius 3 is 2.94 bits per heavy atom. The van der Waals surface area contributed by atoms with Gasteiger partial charge in [0, 0.05) is 13.1 Å². The average Bonchev–Trinajstić information content (AvgIpc) is 2.31. The van der Waals surface area contributed by atoms with Gasteiger partial charge in [-0.1, -0.05) is 0 Å². The summed E-state index contributed by atoms with van der Waals surface area (Å²) in [6.07, 6.45) is 1.71. The van der Waals surface area contributed by atoms with Crippen LogP contribution in [0.25, 0.3) is 0 Å². The summed E-state index contributed by atoms with van der Waals surface area (Å²) in [5.74, 6) is 1.19. The van der Waals surface area contributed by atoms with Gasteiger partial charge in [0.25, 0.3) is 0 Å². The van der Waals surface area contributed by atoms with Crippen LogP contribution in [0.2, 0.25) is 0 Å². The van der Waals surface area contributed by atoms with Gasteiger partial charge in [0.05, 0.1) is 18.8 Å². The summed E-state index contributed by atoms with van der Waals surface area (Å²) < 4.78 is 11.1. The Hall–Kier alpha value is -1.56. The van der Waals surface area contributed by atoms with E-state index in [4.69, 9.17) is 15.2 Å². The Kier molecular flexibility index (Phi) is 3.86.